The second-order valence-electron chi connectivity index (χ2n) is 6.99. The van der Waals surface area contributed by atoms with Crippen molar-refractivity contribution in [3.8, 4) is 0 Å². The van der Waals surface area contributed by atoms with Gasteiger partial charge in [0.05, 0.1) is 0 Å². The summed E-state index contributed by atoms with van der Waals surface area (Å²) in [6.45, 7) is 3.65. The van der Waals surface area contributed by atoms with Gasteiger partial charge in [-0.25, -0.2) is 0 Å². The number of hydrogen-bond donors (Lipinski definition) is 2. The Kier molecular flexibility index (Phi) is 3.53. The van der Waals surface area contributed by atoms with Gasteiger partial charge in [0, 0.05) is 12.0 Å². The predicted molar refractivity (Wildman–Crippen MR) is 83.2 cm³/mol. The van der Waals surface area contributed by atoms with Crippen LogP contribution in [-0.2, 0) is 0 Å². The van der Waals surface area contributed by atoms with E-state index in [9.17, 15) is 0 Å². The Labute approximate surface area is 122 Å². The number of benzene rings is 1. The van der Waals surface area contributed by atoms with Crippen molar-refractivity contribution in [3.63, 3.8) is 0 Å². The molecule has 2 atom stereocenters. The van der Waals surface area contributed by atoms with Crippen molar-refractivity contribution in [2.75, 3.05) is 19.6 Å². The minimum absolute atomic E-state index is 0.747. The second-order valence-corrected chi connectivity index (χ2v) is 6.99. The molecule has 2 N–H and O–H groups in total. The molecule has 20 heavy (non-hydrogen) atoms. The summed E-state index contributed by atoms with van der Waals surface area (Å²) in [7, 11) is 0. The Morgan fingerprint density at radius 2 is 1.65 bits per heavy atom. The van der Waals surface area contributed by atoms with Gasteiger partial charge in [0.15, 0.2) is 0 Å². The summed E-state index contributed by atoms with van der Waals surface area (Å²) in [6, 6.07) is 10.2. The van der Waals surface area contributed by atoms with E-state index in [0.717, 1.165) is 23.8 Å². The first-order valence-electron chi connectivity index (χ1n) is 8.44. The van der Waals surface area contributed by atoms with Crippen LogP contribution in [0.3, 0.4) is 0 Å². The smallest absolute Gasteiger partial charge is 0.0143 e. The maximum atomic E-state index is 3.80. The third-order valence-corrected chi connectivity index (χ3v) is 5.33. The van der Waals surface area contributed by atoms with Crippen LogP contribution in [0.4, 0.5) is 0 Å². The topological polar surface area (TPSA) is 24.1 Å². The lowest BCUT2D eigenvalue weighted by molar-refractivity contribution is 0.355. The maximum Gasteiger partial charge on any atom is 0.0143 e. The molecule has 0 radical (unpaired) electrons. The molecule has 1 aliphatic heterocycles. The van der Waals surface area contributed by atoms with Crippen molar-refractivity contribution in [3.05, 3.63) is 35.4 Å². The summed E-state index contributed by atoms with van der Waals surface area (Å²) in [4.78, 5) is 0. The lowest BCUT2D eigenvalue weighted by Crippen LogP contribution is -2.34. The number of rotatable bonds is 5. The summed E-state index contributed by atoms with van der Waals surface area (Å²) >= 11 is 0. The molecule has 2 saturated carbocycles. The van der Waals surface area contributed by atoms with Crippen LogP contribution < -0.4 is 10.6 Å². The van der Waals surface area contributed by atoms with Gasteiger partial charge in [-0.05, 0) is 74.7 Å². The zero-order valence-electron chi connectivity index (χ0n) is 12.3. The fourth-order valence-electron chi connectivity index (χ4n) is 3.62. The van der Waals surface area contributed by atoms with E-state index in [-0.39, 0.29) is 0 Å². The lowest BCUT2D eigenvalue weighted by atomic mass is 9.98. The molecule has 0 aromatic heterocycles. The highest BCUT2D eigenvalue weighted by atomic mass is 15.0. The van der Waals surface area contributed by atoms with Gasteiger partial charge >= 0.3 is 0 Å². The fraction of sp³-hybridized carbons (Fsp3) is 0.667. The Hall–Kier alpha value is -0.860. The molecule has 1 aromatic rings. The Bertz CT molecular complexity index is 443. The van der Waals surface area contributed by atoms with Gasteiger partial charge in [0.2, 0.25) is 0 Å². The summed E-state index contributed by atoms with van der Waals surface area (Å²) in [5.41, 5.74) is 3.12. The van der Waals surface area contributed by atoms with E-state index < -0.39 is 0 Å². The zero-order valence-corrected chi connectivity index (χ0v) is 12.3. The van der Waals surface area contributed by atoms with Crippen LogP contribution in [0.5, 0.6) is 0 Å². The highest BCUT2D eigenvalue weighted by Crippen LogP contribution is 2.43. The van der Waals surface area contributed by atoms with E-state index in [1.165, 1.54) is 51.7 Å². The van der Waals surface area contributed by atoms with Gasteiger partial charge in [-0.1, -0.05) is 24.3 Å². The molecular formula is C18H26N2. The average Bonchev–Trinajstić information content (AvgIpc) is 3.40. The van der Waals surface area contributed by atoms with E-state index in [4.69, 9.17) is 0 Å². The predicted octanol–water partition coefficient (Wildman–Crippen LogP) is 3.01. The minimum atomic E-state index is 0.747. The molecule has 4 rings (SSSR count). The van der Waals surface area contributed by atoms with Crippen molar-refractivity contribution < 1.29 is 0 Å². The third kappa shape index (κ3) is 2.91. The van der Waals surface area contributed by atoms with Crippen LogP contribution in [0.1, 0.15) is 55.1 Å². The summed E-state index contributed by atoms with van der Waals surface area (Å²) in [6.07, 6.45) is 6.85. The molecular weight excluding hydrogens is 244 g/mol. The van der Waals surface area contributed by atoms with Gasteiger partial charge in [-0.2, -0.15) is 0 Å². The highest BCUT2D eigenvalue weighted by molar-refractivity contribution is 5.33. The van der Waals surface area contributed by atoms with Crippen molar-refractivity contribution in [1.29, 1.82) is 0 Å². The first-order valence-corrected chi connectivity index (χ1v) is 8.44. The molecule has 0 amide bonds. The van der Waals surface area contributed by atoms with E-state index >= 15 is 0 Å². The monoisotopic (exact) mass is 270 g/mol. The average molecular weight is 270 g/mol. The van der Waals surface area contributed by atoms with E-state index in [2.05, 4.69) is 34.9 Å². The van der Waals surface area contributed by atoms with Gasteiger partial charge < -0.3 is 10.6 Å². The van der Waals surface area contributed by atoms with Crippen LogP contribution in [0.25, 0.3) is 0 Å². The van der Waals surface area contributed by atoms with Crippen LogP contribution in [-0.4, -0.2) is 25.7 Å². The molecule has 0 spiro atoms. The van der Waals surface area contributed by atoms with Crippen LogP contribution in [0.2, 0.25) is 0 Å². The van der Waals surface area contributed by atoms with Crippen molar-refractivity contribution >= 4 is 0 Å². The molecule has 2 nitrogen and oxygen atoms in total. The molecule has 108 valence electrons. The van der Waals surface area contributed by atoms with Crippen molar-refractivity contribution in [2.24, 2.45) is 5.92 Å². The minimum Gasteiger partial charge on any atom is -0.317 e. The van der Waals surface area contributed by atoms with Crippen molar-refractivity contribution in [1.82, 2.24) is 10.6 Å². The molecule has 1 heterocycles. The van der Waals surface area contributed by atoms with Crippen molar-refractivity contribution in [2.45, 2.75) is 50.0 Å². The molecule has 2 aliphatic carbocycles. The van der Waals surface area contributed by atoms with E-state index in [1.807, 2.05) is 0 Å². The molecule has 1 saturated heterocycles. The summed E-state index contributed by atoms with van der Waals surface area (Å²) in [5.74, 6) is 2.57. The van der Waals surface area contributed by atoms with Crippen LogP contribution >= 0.6 is 0 Å². The largest absolute Gasteiger partial charge is 0.317 e. The molecule has 1 aromatic carbocycles. The zero-order chi connectivity index (χ0) is 13.4. The highest BCUT2D eigenvalue weighted by Gasteiger charge is 2.38. The van der Waals surface area contributed by atoms with Gasteiger partial charge in [0.1, 0.15) is 0 Å². The van der Waals surface area contributed by atoms with Crippen LogP contribution in [0.15, 0.2) is 24.3 Å². The number of piperidine rings is 1. The fourth-order valence-corrected chi connectivity index (χ4v) is 3.62. The second kappa shape index (κ2) is 5.50. The standard InChI is InChI=1S/C18H26N2/c1-2-14(1)15-3-5-16(6-4-15)17-11-18(17)20-12-13-7-9-19-10-8-13/h3-6,13-14,17-20H,1-2,7-12H2. The molecule has 3 fully saturated rings. The van der Waals surface area contributed by atoms with E-state index in [1.54, 1.807) is 11.1 Å². The summed E-state index contributed by atoms with van der Waals surface area (Å²) in [5, 5.41) is 7.24. The first kappa shape index (κ1) is 12.8. The lowest BCUT2D eigenvalue weighted by Gasteiger charge is -2.22. The van der Waals surface area contributed by atoms with E-state index in [0.29, 0.717) is 0 Å². The maximum absolute atomic E-state index is 3.80. The Morgan fingerprint density at radius 3 is 2.35 bits per heavy atom. The van der Waals surface area contributed by atoms with Gasteiger partial charge in [-0.3, -0.25) is 0 Å². The quantitative estimate of drug-likeness (QED) is 0.859. The summed E-state index contributed by atoms with van der Waals surface area (Å²) < 4.78 is 0. The number of hydrogen-bond acceptors (Lipinski definition) is 2. The normalized spacial score (nSPS) is 30.4. The number of nitrogens with one attached hydrogen (secondary N) is 2. The SMILES string of the molecule is c1cc(C2CC2NCC2CCNCC2)ccc1C1CC1. The van der Waals surface area contributed by atoms with Gasteiger partial charge in [-0.15, -0.1) is 0 Å². The Morgan fingerprint density at radius 1 is 0.950 bits per heavy atom. The first-order chi connectivity index (χ1) is 9.90. The van der Waals surface area contributed by atoms with Gasteiger partial charge in [0.25, 0.3) is 0 Å². The third-order valence-electron chi connectivity index (χ3n) is 5.33. The molecule has 2 unspecified atom stereocenters. The van der Waals surface area contributed by atoms with Crippen LogP contribution in [0, 0.1) is 5.92 Å². The Balaban J connectivity index is 1.26. The molecule has 2 heteroatoms. The molecule has 3 aliphatic rings. The molecule has 0 bridgehead atoms.